The van der Waals surface area contributed by atoms with Crippen LogP contribution in [0.15, 0.2) is 29.3 Å². The van der Waals surface area contributed by atoms with Crippen LogP contribution in [0.2, 0.25) is 5.02 Å². The number of aromatic nitrogens is 2. The van der Waals surface area contributed by atoms with Crippen LogP contribution in [-0.2, 0) is 6.54 Å². The zero-order chi connectivity index (χ0) is 17.4. The number of thioether (sulfide) groups is 1. The topological polar surface area (TPSA) is 37.6 Å². The number of aryl methyl sites for hydroxylation is 2. The lowest BCUT2D eigenvalue weighted by Crippen LogP contribution is -2.27. The van der Waals surface area contributed by atoms with Crippen molar-refractivity contribution in [2.45, 2.75) is 25.3 Å². The number of hydrogen-bond donors (Lipinski definition) is 0. The maximum Gasteiger partial charge on any atom is 0.255 e. The molecule has 4 nitrogen and oxygen atoms in total. The average molecular weight is 380 g/mol. The molecule has 0 spiro atoms. The van der Waals surface area contributed by atoms with E-state index in [9.17, 15) is 4.79 Å². The Labute approximate surface area is 154 Å². The molecule has 3 aromatic rings. The van der Waals surface area contributed by atoms with Crippen LogP contribution in [0.4, 0.5) is 0 Å². The summed E-state index contributed by atoms with van der Waals surface area (Å²) in [4.78, 5) is 22.3. The lowest BCUT2D eigenvalue weighted by atomic mass is 10.2. The molecule has 7 heteroatoms. The van der Waals surface area contributed by atoms with Gasteiger partial charge in [0, 0.05) is 23.0 Å². The Bertz CT molecular complexity index is 916. The predicted octanol–water partition coefficient (Wildman–Crippen LogP) is 4.66. The van der Waals surface area contributed by atoms with Crippen molar-refractivity contribution in [1.29, 1.82) is 0 Å². The molecule has 0 bridgehead atoms. The van der Waals surface area contributed by atoms with Crippen LogP contribution >= 0.6 is 34.7 Å². The molecule has 0 saturated heterocycles. The third-order valence-electron chi connectivity index (χ3n) is 3.88. The summed E-state index contributed by atoms with van der Waals surface area (Å²) in [6, 6.07) is 5.54. The van der Waals surface area contributed by atoms with Gasteiger partial charge in [0.25, 0.3) is 5.91 Å². The van der Waals surface area contributed by atoms with Crippen LogP contribution in [0.25, 0.3) is 4.96 Å². The summed E-state index contributed by atoms with van der Waals surface area (Å²) in [5, 5.41) is 0.478. The van der Waals surface area contributed by atoms with E-state index in [1.54, 1.807) is 41.1 Å². The number of nitrogens with zero attached hydrogens (tertiary/aromatic N) is 3. The van der Waals surface area contributed by atoms with Crippen molar-refractivity contribution >= 4 is 45.6 Å². The molecule has 2 heterocycles. The first-order valence-electron chi connectivity index (χ1n) is 7.43. The second kappa shape index (κ2) is 6.78. The minimum Gasteiger partial charge on any atom is -0.336 e. The number of halogens is 1. The van der Waals surface area contributed by atoms with Crippen molar-refractivity contribution in [3.63, 3.8) is 0 Å². The van der Waals surface area contributed by atoms with E-state index in [0.717, 1.165) is 21.2 Å². The van der Waals surface area contributed by atoms with Gasteiger partial charge < -0.3 is 4.90 Å². The van der Waals surface area contributed by atoms with Gasteiger partial charge in [-0.2, -0.15) is 0 Å². The molecule has 0 saturated carbocycles. The van der Waals surface area contributed by atoms with E-state index in [0.29, 0.717) is 17.1 Å². The second-order valence-electron chi connectivity index (χ2n) is 5.65. The summed E-state index contributed by atoms with van der Waals surface area (Å²) in [6.07, 6.45) is 4.04. The molecule has 0 aliphatic rings. The Balaban J connectivity index is 1.90. The van der Waals surface area contributed by atoms with Gasteiger partial charge in [0.2, 0.25) is 0 Å². The molecule has 0 aliphatic heterocycles. The Morgan fingerprint density at radius 2 is 2.17 bits per heavy atom. The molecule has 0 fully saturated rings. The predicted molar refractivity (Wildman–Crippen MR) is 102 cm³/mol. The Morgan fingerprint density at radius 3 is 2.88 bits per heavy atom. The van der Waals surface area contributed by atoms with Gasteiger partial charge in [-0.3, -0.25) is 9.20 Å². The number of benzene rings is 1. The van der Waals surface area contributed by atoms with Crippen LogP contribution < -0.4 is 0 Å². The number of carbonyl (C=O) groups excluding carboxylic acids is 1. The highest BCUT2D eigenvalue weighted by molar-refractivity contribution is 7.98. The van der Waals surface area contributed by atoms with Crippen molar-refractivity contribution in [2.75, 3.05) is 13.3 Å². The highest BCUT2D eigenvalue weighted by Crippen LogP contribution is 2.26. The molecule has 1 amide bonds. The van der Waals surface area contributed by atoms with Gasteiger partial charge >= 0.3 is 0 Å². The van der Waals surface area contributed by atoms with Gasteiger partial charge in [0.05, 0.1) is 28.5 Å². The summed E-state index contributed by atoms with van der Waals surface area (Å²) >= 11 is 9.47. The maximum absolute atomic E-state index is 12.8. The molecule has 126 valence electrons. The number of hydrogen-bond acceptors (Lipinski definition) is 4. The van der Waals surface area contributed by atoms with Crippen LogP contribution in [0.3, 0.4) is 0 Å². The smallest absolute Gasteiger partial charge is 0.255 e. The highest BCUT2D eigenvalue weighted by Gasteiger charge is 2.19. The van der Waals surface area contributed by atoms with Crippen LogP contribution in [0.5, 0.6) is 0 Å². The molecule has 24 heavy (non-hydrogen) atoms. The molecule has 0 unspecified atom stereocenters. The highest BCUT2D eigenvalue weighted by atomic mass is 35.5. The van der Waals surface area contributed by atoms with Crippen LogP contribution in [0.1, 0.15) is 26.6 Å². The Hall–Kier alpha value is -1.50. The number of imidazole rings is 1. The SMILES string of the molecule is CSc1ccc(Cl)c(C(=O)N(C)Cc2c(C)nc3sc(C)cn23)c1. The fraction of sp³-hybridized carbons (Fsp3) is 0.294. The van der Waals surface area contributed by atoms with E-state index in [2.05, 4.69) is 22.5 Å². The van der Waals surface area contributed by atoms with E-state index in [4.69, 9.17) is 11.6 Å². The Morgan fingerprint density at radius 1 is 1.42 bits per heavy atom. The van der Waals surface area contributed by atoms with Gasteiger partial charge in [-0.25, -0.2) is 4.98 Å². The molecule has 0 radical (unpaired) electrons. The molecule has 1 aromatic carbocycles. The van der Waals surface area contributed by atoms with Crippen molar-refractivity contribution in [2.24, 2.45) is 0 Å². The van der Waals surface area contributed by atoms with E-state index in [1.807, 2.05) is 25.3 Å². The van der Waals surface area contributed by atoms with Crippen LogP contribution in [0, 0.1) is 13.8 Å². The number of fused-ring (bicyclic) bond motifs is 1. The third kappa shape index (κ3) is 3.18. The average Bonchev–Trinajstić information content (AvgIpc) is 3.04. The lowest BCUT2D eigenvalue weighted by molar-refractivity contribution is 0.0783. The van der Waals surface area contributed by atoms with Crippen LogP contribution in [-0.4, -0.2) is 33.5 Å². The lowest BCUT2D eigenvalue weighted by Gasteiger charge is -2.18. The number of rotatable bonds is 4. The molecular weight excluding hydrogens is 362 g/mol. The summed E-state index contributed by atoms with van der Waals surface area (Å²) in [7, 11) is 1.79. The van der Waals surface area contributed by atoms with Gasteiger partial charge in [0.15, 0.2) is 4.96 Å². The zero-order valence-corrected chi connectivity index (χ0v) is 16.3. The summed E-state index contributed by atoms with van der Waals surface area (Å²) < 4.78 is 2.07. The zero-order valence-electron chi connectivity index (χ0n) is 14.0. The summed E-state index contributed by atoms with van der Waals surface area (Å²) in [6.45, 7) is 4.52. The normalized spacial score (nSPS) is 11.2. The first-order chi connectivity index (χ1) is 11.4. The first kappa shape index (κ1) is 17.3. The number of carbonyl (C=O) groups is 1. The van der Waals surface area contributed by atoms with Gasteiger partial charge in [-0.15, -0.1) is 23.1 Å². The number of amides is 1. The molecule has 0 atom stereocenters. The molecular formula is C17H18ClN3OS2. The minimum absolute atomic E-state index is 0.0859. The van der Waals surface area contributed by atoms with E-state index >= 15 is 0 Å². The van der Waals surface area contributed by atoms with Gasteiger partial charge in [0.1, 0.15) is 0 Å². The molecule has 0 N–H and O–H groups in total. The largest absolute Gasteiger partial charge is 0.336 e. The summed E-state index contributed by atoms with van der Waals surface area (Å²) in [5.41, 5.74) is 2.51. The van der Waals surface area contributed by atoms with Crippen molar-refractivity contribution in [3.05, 3.63) is 51.2 Å². The molecule has 3 rings (SSSR count). The monoisotopic (exact) mass is 379 g/mol. The second-order valence-corrected chi connectivity index (χ2v) is 8.15. The maximum atomic E-state index is 12.8. The molecule has 2 aromatic heterocycles. The number of thiazole rings is 1. The van der Waals surface area contributed by atoms with E-state index in [-0.39, 0.29) is 5.91 Å². The quantitative estimate of drug-likeness (QED) is 0.618. The van der Waals surface area contributed by atoms with Crippen molar-refractivity contribution < 1.29 is 4.79 Å². The minimum atomic E-state index is -0.0859. The van der Waals surface area contributed by atoms with Crippen molar-refractivity contribution in [3.8, 4) is 0 Å². The van der Waals surface area contributed by atoms with E-state index < -0.39 is 0 Å². The third-order valence-corrected chi connectivity index (χ3v) is 5.83. The van der Waals surface area contributed by atoms with Crippen molar-refractivity contribution in [1.82, 2.24) is 14.3 Å². The first-order valence-corrected chi connectivity index (χ1v) is 9.85. The fourth-order valence-corrected chi connectivity index (χ4v) is 4.12. The fourth-order valence-electron chi connectivity index (χ4n) is 2.60. The standard InChI is InChI=1S/C17H18ClN3OS2/c1-10-8-21-15(11(2)19-17(21)24-10)9-20(3)16(22)13-7-12(23-4)5-6-14(13)18/h5-8H,9H2,1-4H3. The summed E-state index contributed by atoms with van der Waals surface area (Å²) in [5.74, 6) is -0.0859. The van der Waals surface area contributed by atoms with E-state index in [1.165, 1.54) is 4.88 Å². The molecule has 0 aliphatic carbocycles. The van der Waals surface area contributed by atoms with Gasteiger partial charge in [-0.1, -0.05) is 11.6 Å². The van der Waals surface area contributed by atoms with Gasteiger partial charge in [-0.05, 0) is 38.3 Å². The Kier molecular flexibility index (Phi) is 4.90.